The number of carboxylic acids is 1. The molecule has 0 radical (unpaired) electrons. The lowest BCUT2D eigenvalue weighted by Crippen LogP contribution is -2.11. The molecule has 78 valence electrons. The van der Waals surface area contributed by atoms with Crippen LogP contribution < -0.4 is 0 Å². The summed E-state index contributed by atoms with van der Waals surface area (Å²) in [5, 5.41) is 12.0. The molecule has 0 aromatic heterocycles. The van der Waals surface area contributed by atoms with Crippen LogP contribution in [0.2, 0.25) is 0 Å². The molecule has 1 N–H and O–H groups in total. The molecule has 1 heterocycles. The van der Waals surface area contributed by atoms with Crippen LogP contribution in [0.1, 0.15) is 18.1 Å². The van der Waals surface area contributed by atoms with Crippen LogP contribution in [0.15, 0.2) is 29.4 Å². The van der Waals surface area contributed by atoms with Crippen LogP contribution >= 0.6 is 0 Å². The molecular formula is C10H8FNO3. The lowest BCUT2D eigenvalue weighted by atomic mass is 10.0. The summed E-state index contributed by atoms with van der Waals surface area (Å²) in [7, 11) is 0. The van der Waals surface area contributed by atoms with Crippen molar-refractivity contribution < 1.29 is 19.1 Å². The van der Waals surface area contributed by atoms with E-state index in [0.29, 0.717) is 5.56 Å². The van der Waals surface area contributed by atoms with E-state index >= 15 is 0 Å². The highest BCUT2D eigenvalue weighted by atomic mass is 19.1. The molecule has 4 nitrogen and oxygen atoms in total. The maximum absolute atomic E-state index is 13.3. The number of carbonyl (C=O) groups is 1. The molecule has 1 aliphatic rings. The molecule has 0 amide bonds. The Morgan fingerprint density at radius 2 is 2.27 bits per heavy atom. The predicted molar refractivity (Wildman–Crippen MR) is 49.9 cm³/mol. The van der Waals surface area contributed by atoms with Crippen molar-refractivity contribution in [3.8, 4) is 0 Å². The van der Waals surface area contributed by atoms with Crippen molar-refractivity contribution in [2.45, 2.75) is 12.5 Å². The fourth-order valence-electron chi connectivity index (χ4n) is 1.41. The van der Waals surface area contributed by atoms with E-state index in [1.165, 1.54) is 6.07 Å². The third kappa shape index (κ3) is 1.81. The lowest BCUT2D eigenvalue weighted by molar-refractivity contribution is -0.129. The second-order valence-corrected chi connectivity index (χ2v) is 3.16. The monoisotopic (exact) mass is 209 g/mol. The highest BCUT2D eigenvalue weighted by Gasteiger charge is 2.28. The van der Waals surface area contributed by atoms with Crippen LogP contribution in [0.4, 0.5) is 4.39 Å². The predicted octanol–water partition coefficient (Wildman–Crippen LogP) is 1.73. The highest BCUT2D eigenvalue weighted by molar-refractivity contribution is 6.35. The van der Waals surface area contributed by atoms with Gasteiger partial charge < -0.3 is 9.94 Å². The van der Waals surface area contributed by atoms with Crippen molar-refractivity contribution in [1.29, 1.82) is 0 Å². The van der Waals surface area contributed by atoms with Crippen molar-refractivity contribution >= 4 is 11.7 Å². The van der Waals surface area contributed by atoms with E-state index in [0.717, 1.165) is 0 Å². The van der Waals surface area contributed by atoms with Gasteiger partial charge in [-0.15, -0.1) is 0 Å². The van der Waals surface area contributed by atoms with Crippen LogP contribution in [-0.4, -0.2) is 16.8 Å². The van der Waals surface area contributed by atoms with Gasteiger partial charge in [-0.1, -0.05) is 23.4 Å². The SMILES string of the molecule is O=C(O)C1=NOC(c2ccccc2F)C1. The Bertz CT molecular complexity index is 430. The molecular weight excluding hydrogens is 201 g/mol. The number of nitrogens with zero attached hydrogens (tertiary/aromatic N) is 1. The quantitative estimate of drug-likeness (QED) is 0.806. The summed E-state index contributed by atoms with van der Waals surface area (Å²) >= 11 is 0. The van der Waals surface area contributed by atoms with Crippen molar-refractivity contribution in [2.24, 2.45) is 5.16 Å². The Morgan fingerprint density at radius 1 is 1.53 bits per heavy atom. The van der Waals surface area contributed by atoms with Gasteiger partial charge in [0.25, 0.3) is 0 Å². The van der Waals surface area contributed by atoms with Crippen LogP contribution in [-0.2, 0) is 9.63 Å². The number of hydrogen-bond donors (Lipinski definition) is 1. The van der Waals surface area contributed by atoms with Gasteiger partial charge in [-0.05, 0) is 6.07 Å². The highest BCUT2D eigenvalue weighted by Crippen LogP contribution is 2.28. The van der Waals surface area contributed by atoms with E-state index in [2.05, 4.69) is 5.16 Å². The van der Waals surface area contributed by atoms with Crippen molar-refractivity contribution in [3.63, 3.8) is 0 Å². The summed E-state index contributed by atoms with van der Waals surface area (Å²) < 4.78 is 13.3. The molecule has 1 aliphatic heterocycles. The first-order chi connectivity index (χ1) is 7.18. The minimum Gasteiger partial charge on any atom is -0.477 e. The van der Waals surface area contributed by atoms with Crippen molar-refractivity contribution in [2.75, 3.05) is 0 Å². The van der Waals surface area contributed by atoms with Gasteiger partial charge in [0.15, 0.2) is 11.8 Å². The Kier molecular flexibility index (Phi) is 2.37. The molecule has 0 fully saturated rings. The smallest absolute Gasteiger partial charge is 0.353 e. The molecule has 1 atom stereocenters. The maximum Gasteiger partial charge on any atom is 0.353 e. The molecule has 0 saturated heterocycles. The first kappa shape index (κ1) is 9.64. The number of rotatable bonds is 2. The molecule has 15 heavy (non-hydrogen) atoms. The van der Waals surface area contributed by atoms with Crippen LogP contribution in [0.25, 0.3) is 0 Å². The van der Waals surface area contributed by atoms with Gasteiger partial charge in [0.05, 0.1) is 0 Å². The minimum atomic E-state index is -1.13. The van der Waals surface area contributed by atoms with Gasteiger partial charge in [0, 0.05) is 12.0 Å². The molecule has 0 bridgehead atoms. The molecule has 5 heteroatoms. The summed E-state index contributed by atoms with van der Waals surface area (Å²) in [4.78, 5) is 15.4. The Balaban J connectivity index is 2.17. The molecule has 0 saturated carbocycles. The van der Waals surface area contributed by atoms with E-state index in [1.807, 2.05) is 0 Å². The third-order valence-electron chi connectivity index (χ3n) is 2.17. The summed E-state index contributed by atoms with van der Waals surface area (Å²) in [6.07, 6.45) is -0.534. The van der Waals surface area contributed by atoms with Gasteiger partial charge in [-0.2, -0.15) is 0 Å². The third-order valence-corrected chi connectivity index (χ3v) is 2.17. The topological polar surface area (TPSA) is 58.9 Å². The molecule has 0 aliphatic carbocycles. The average molecular weight is 209 g/mol. The van der Waals surface area contributed by atoms with Crippen molar-refractivity contribution in [3.05, 3.63) is 35.6 Å². The first-order valence-electron chi connectivity index (χ1n) is 4.39. The molecule has 0 spiro atoms. The van der Waals surface area contributed by atoms with Gasteiger partial charge in [0.2, 0.25) is 0 Å². The van der Waals surface area contributed by atoms with E-state index in [4.69, 9.17) is 9.94 Å². The summed E-state index contributed by atoms with van der Waals surface area (Å²) in [5.41, 5.74) is 0.251. The Hall–Kier alpha value is -1.91. The summed E-state index contributed by atoms with van der Waals surface area (Å²) in [5.74, 6) is -1.54. The van der Waals surface area contributed by atoms with E-state index in [9.17, 15) is 9.18 Å². The zero-order chi connectivity index (χ0) is 10.8. The number of halogens is 1. The van der Waals surface area contributed by atoms with Gasteiger partial charge in [-0.3, -0.25) is 0 Å². The maximum atomic E-state index is 13.3. The standard InChI is InChI=1S/C10H8FNO3/c11-7-4-2-1-3-6(7)9-5-8(10(13)14)12-15-9/h1-4,9H,5H2,(H,13,14). The number of carboxylic acid groups (broad SMARTS) is 1. The van der Waals surface area contributed by atoms with E-state index in [1.54, 1.807) is 18.2 Å². The summed E-state index contributed by atoms with van der Waals surface area (Å²) in [6.45, 7) is 0. The van der Waals surface area contributed by atoms with Crippen LogP contribution in [0.3, 0.4) is 0 Å². The van der Waals surface area contributed by atoms with Gasteiger partial charge in [0.1, 0.15) is 5.82 Å². The molecule has 1 unspecified atom stereocenters. The number of oxime groups is 1. The zero-order valence-corrected chi connectivity index (χ0v) is 7.68. The largest absolute Gasteiger partial charge is 0.477 e. The van der Waals surface area contributed by atoms with Crippen LogP contribution in [0, 0.1) is 5.82 Å². The summed E-state index contributed by atoms with van der Waals surface area (Å²) in [6, 6.07) is 6.09. The molecule has 1 aromatic carbocycles. The number of benzene rings is 1. The second kappa shape index (κ2) is 3.68. The Morgan fingerprint density at radius 3 is 2.87 bits per heavy atom. The second-order valence-electron chi connectivity index (χ2n) is 3.16. The minimum absolute atomic E-state index is 0.0803. The average Bonchev–Trinajstić information content (AvgIpc) is 2.67. The van der Waals surface area contributed by atoms with E-state index in [-0.39, 0.29) is 12.1 Å². The molecule has 1 aromatic rings. The van der Waals surface area contributed by atoms with E-state index < -0.39 is 17.9 Å². The van der Waals surface area contributed by atoms with Crippen molar-refractivity contribution in [1.82, 2.24) is 0 Å². The fraction of sp³-hybridized carbons (Fsp3) is 0.200. The van der Waals surface area contributed by atoms with Gasteiger partial charge in [-0.25, -0.2) is 9.18 Å². The zero-order valence-electron chi connectivity index (χ0n) is 7.68. The van der Waals surface area contributed by atoms with Gasteiger partial charge >= 0.3 is 5.97 Å². The van der Waals surface area contributed by atoms with Crippen LogP contribution in [0.5, 0.6) is 0 Å². The lowest BCUT2D eigenvalue weighted by Gasteiger charge is -2.08. The number of aliphatic carboxylic acids is 1. The Labute approximate surface area is 85.0 Å². The fourth-order valence-corrected chi connectivity index (χ4v) is 1.41. The normalized spacial score (nSPS) is 19.5. The molecule has 2 rings (SSSR count). The first-order valence-corrected chi connectivity index (χ1v) is 4.39. The number of hydrogen-bond acceptors (Lipinski definition) is 3.